The molecule has 0 aliphatic heterocycles. The Morgan fingerprint density at radius 1 is 1.16 bits per heavy atom. The Balaban J connectivity index is 2.42. The molecule has 0 saturated heterocycles. The van der Waals surface area contributed by atoms with E-state index in [2.05, 4.69) is 9.19 Å². The van der Waals surface area contributed by atoms with E-state index in [-0.39, 0.29) is 14.7 Å². The molecule has 0 aliphatic carbocycles. The van der Waals surface area contributed by atoms with Gasteiger partial charge in [0.15, 0.2) is 0 Å². The summed E-state index contributed by atoms with van der Waals surface area (Å²) in [6, 6.07) is 4.79. The maximum absolute atomic E-state index is 11.1. The second kappa shape index (κ2) is 5.77. The van der Waals surface area contributed by atoms with Gasteiger partial charge in [-0.1, -0.05) is 0 Å². The van der Waals surface area contributed by atoms with Crippen LogP contribution in [0.25, 0.3) is 11.3 Å². The fraction of sp³-hybridized carbons (Fsp3) is 0.167. The van der Waals surface area contributed by atoms with Crippen molar-refractivity contribution in [1.82, 2.24) is 9.19 Å². The number of hydrogen-bond acceptors (Lipinski definition) is 6. The minimum absolute atomic E-state index is 0.0165. The third kappa shape index (κ3) is 3.49. The molecule has 0 fully saturated rings. The Labute approximate surface area is 115 Å². The van der Waals surface area contributed by atoms with E-state index in [0.717, 1.165) is 0 Å². The van der Waals surface area contributed by atoms with Crippen molar-refractivity contribution in [2.45, 2.75) is 13.8 Å². The molecule has 0 saturated carbocycles. The number of benzene rings is 1. The van der Waals surface area contributed by atoms with Crippen LogP contribution in [0.4, 0.5) is 0 Å². The van der Waals surface area contributed by atoms with E-state index in [1.165, 1.54) is 19.9 Å². The molecule has 98 valence electrons. The maximum atomic E-state index is 11.1. The van der Waals surface area contributed by atoms with E-state index in [0.29, 0.717) is 22.8 Å². The van der Waals surface area contributed by atoms with Crippen LogP contribution < -0.4 is 9.47 Å². The SMILES string of the molecule is CC(=O)Oc1ccc(-c2c[se]nn2)c(OC(C)=O)c1. The second-order valence-corrected chi connectivity index (χ2v) is 4.91. The summed E-state index contributed by atoms with van der Waals surface area (Å²) in [7, 11) is 0. The van der Waals surface area contributed by atoms with E-state index in [9.17, 15) is 9.59 Å². The molecular formula is C12H10N2O4Se. The molecule has 19 heavy (non-hydrogen) atoms. The van der Waals surface area contributed by atoms with Crippen LogP contribution >= 0.6 is 0 Å². The number of nitrogens with zero attached hydrogens (tertiary/aromatic N) is 2. The van der Waals surface area contributed by atoms with Gasteiger partial charge in [0.1, 0.15) is 0 Å². The molecule has 0 bridgehead atoms. The number of esters is 2. The summed E-state index contributed by atoms with van der Waals surface area (Å²) in [5, 5.41) is 3.98. The van der Waals surface area contributed by atoms with E-state index in [1.54, 1.807) is 12.1 Å². The summed E-state index contributed by atoms with van der Waals surface area (Å²) in [5.41, 5.74) is 1.31. The summed E-state index contributed by atoms with van der Waals surface area (Å²) < 4.78 is 14.0. The van der Waals surface area contributed by atoms with Gasteiger partial charge in [-0.3, -0.25) is 0 Å². The van der Waals surface area contributed by atoms with Crippen molar-refractivity contribution in [3.05, 3.63) is 23.1 Å². The van der Waals surface area contributed by atoms with E-state index in [1.807, 2.05) is 4.94 Å². The van der Waals surface area contributed by atoms with Crippen molar-refractivity contribution in [1.29, 1.82) is 0 Å². The summed E-state index contributed by atoms with van der Waals surface area (Å²) in [4.78, 5) is 23.9. The predicted octanol–water partition coefficient (Wildman–Crippen LogP) is 1.05. The second-order valence-electron chi connectivity index (χ2n) is 3.64. The number of rotatable bonds is 3. The molecule has 0 amide bonds. The van der Waals surface area contributed by atoms with E-state index >= 15 is 0 Å². The molecular weight excluding hydrogens is 315 g/mol. The van der Waals surface area contributed by atoms with Crippen LogP contribution in [0.1, 0.15) is 13.8 Å². The van der Waals surface area contributed by atoms with Gasteiger partial charge in [0, 0.05) is 0 Å². The fourth-order valence-electron chi connectivity index (χ4n) is 1.46. The summed E-state index contributed by atoms with van der Waals surface area (Å²) in [6.07, 6.45) is 0. The Bertz CT molecular complexity index is 610. The first-order chi connectivity index (χ1) is 9.06. The van der Waals surface area contributed by atoms with E-state index in [4.69, 9.17) is 9.47 Å². The Morgan fingerprint density at radius 3 is 2.47 bits per heavy atom. The third-order valence-electron chi connectivity index (χ3n) is 2.10. The molecule has 1 aromatic heterocycles. The van der Waals surface area contributed by atoms with Crippen LogP contribution in [0.3, 0.4) is 0 Å². The summed E-state index contributed by atoms with van der Waals surface area (Å²) in [5.74, 6) is -0.283. The molecule has 0 radical (unpaired) electrons. The Kier molecular flexibility index (Phi) is 4.09. The van der Waals surface area contributed by atoms with Crippen LogP contribution in [0.5, 0.6) is 11.5 Å². The van der Waals surface area contributed by atoms with Crippen molar-refractivity contribution in [3.63, 3.8) is 0 Å². The number of aromatic nitrogens is 2. The molecule has 0 N–H and O–H groups in total. The summed E-state index contributed by atoms with van der Waals surface area (Å²) in [6.45, 7) is 2.60. The van der Waals surface area contributed by atoms with Crippen LogP contribution in [0.15, 0.2) is 23.1 Å². The monoisotopic (exact) mass is 326 g/mol. The van der Waals surface area contributed by atoms with Crippen molar-refractivity contribution >= 4 is 26.7 Å². The standard InChI is InChI=1S/C12H10N2O4Se/c1-7(15)17-9-3-4-10(11-6-19-14-13-11)12(5-9)18-8(2)16/h3-6H,1-2H3. The van der Waals surface area contributed by atoms with Crippen LogP contribution in [0.2, 0.25) is 0 Å². The number of hydrogen-bond donors (Lipinski definition) is 0. The van der Waals surface area contributed by atoms with Crippen LogP contribution in [0, 0.1) is 0 Å². The van der Waals surface area contributed by atoms with Gasteiger partial charge in [-0.2, -0.15) is 0 Å². The van der Waals surface area contributed by atoms with Gasteiger partial charge in [-0.25, -0.2) is 0 Å². The Hall–Kier alpha value is -1.98. The minimum atomic E-state index is -0.456. The van der Waals surface area contributed by atoms with Crippen LogP contribution in [-0.4, -0.2) is 35.9 Å². The molecule has 6 nitrogen and oxygen atoms in total. The first kappa shape index (κ1) is 13.5. The molecule has 1 heterocycles. The van der Waals surface area contributed by atoms with Crippen molar-refractivity contribution in [2.75, 3.05) is 0 Å². The van der Waals surface area contributed by atoms with Gasteiger partial charge >= 0.3 is 115 Å². The van der Waals surface area contributed by atoms with Gasteiger partial charge in [-0.05, 0) is 0 Å². The zero-order chi connectivity index (χ0) is 13.8. The number of carbonyl (C=O) groups excluding carboxylic acids is 2. The molecule has 0 atom stereocenters. The van der Waals surface area contributed by atoms with Crippen molar-refractivity contribution in [3.8, 4) is 22.8 Å². The molecule has 7 heteroatoms. The molecule has 0 aliphatic rings. The van der Waals surface area contributed by atoms with E-state index < -0.39 is 11.9 Å². The van der Waals surface area contributed by atoms with Crippen molar-refractivity contribution < 1.29 is 19.1 Å². The molecule has 2 aromatic rings. The zero-order valence-corrected chi connectivity index (χ0v) is 12.0. The van der Waals surface area contributed by atoms with Gasteiger partial charge in [0.05, 0.1) is 0 Å². The Morgan fingerprint density at radius 2 is 1.89 bits per heavy atom. The fourth-order valence-corrected chi connectivity index (χ4v) is 2.42. The first-order valence-corrected chi connectivity index (χ1v) is 7.10. The number of ether oxygens (including phenoxy) is 2. The molecule has 1 aromatic carbocycles. The van der Waals surface area contributed by atoms with Crippen molar-refractivity contribution in [2.24, 2.45) is 0 Å². The molecule has 0 unspecified atom stereocenters. The van der Waals surface area contributed by atoms with Gasteiger partial charge in [-0.15, -0.1) is 0 Å². The van der Waals surface area contributed by atoms with Gasteiger partial charge in [0.2, 0.25) is 0 Å². The topological polar surface area (TPSA) is 78.4 Å². The summed E-state index contributed by atoms with van der Waals surface area (Å²) >= 11 is -0.0165. The molecule has 0 spiro atoms. The third-order valence-corrected chi connectivity index (χ3v) is 3.16. The normalized spacial score (nSPS) is 10.0. The van der Waals surface area contributed by atoms with Gasteiger partial charge in [0.25, 0.3) is 0 Å². The molecule has 2 rings (SSSR count). The number of carbonyl (C=O) groups is 2. The van der Waals surface area contributed by atoms with Crippen LogP contribution in [-0.2, 0) is 9.59 Å². The average Bonchev–Trinajstić information content (AvgIpc) is 2.81. The zero-order valence-electron chi connectivity index (χ0n) is 10.2. The average molecular weight is 325 g/mol. The first-order valence-electron chi connectivity index (χ1n) is 5.34. The predicted molar refractivity (Wildman–Crippen MR) is 67.0 cm³/mol. The van der Waals surface area contributed by atoms with Gasteiger partial charge < -0.3 is 0 Å². The quantitative estimate of drug-likeness (QED) is 0.477.